The van der Waals surface area contributed by atoms with Gasteiger partial charge in [0, 0.05) is 19.0 Å². The summed E-state index contributed by atoms with van der Waals surface area (Å²) >= 11 is 0. The summed E-state index contributed by atoms with van der Waals surface area (Å²) in [5.41, 5.74) is 0.710. The highest BCUT2D eigenvalue weighted by molar-refractivity contribution is 6.03. The highest BCUT2D eigenvalue weighted by Gasteiger charge is 2.21. The Labute approximate surface area is 115 Å². The number of nitrogens with zero attached hydrogens (tertiary/aromatic N) is 3. The second-order valence-corrected chi connectivity index (χ2v) is 4.33. The molecule has 1 heterocycles. The number of amides is 3. The van der Waals surface area contributed by atoms with Crippen molar-refractivity contribution >= 4 is 29.2 Å². The van der Waals surface area contributed by atoms with Crippen LogP contribution in [-0.4, -0.2) is 28.8 Å². The van der Waals surface area contributed by atoms with E-state index in [0.29, 0.717) is 36.1 Å². The van der Waals surface area contributed by atoms with Gasteiger partial charge < -0.3 is 0 Å². The Bertz CT molecular complexity index is 653. The number of imide groups is 1. The van der Waals surface area contributed by atoms with Crippen molar-refractivity contribution in [2.75, 3.05) is 11.4 Å². The maximum atomic E-state index is 13.4. The number of urea groups is 1. The molecule has 0 aliphatic heterocycles. The lowest BCUT2D eigenvalue weighted by molar-refractivity contribution is -0.108. The molecular formula is C13H15FN4O2. The first-order valence-electron chi connectivity index (χ1n) is 6.22. The Hall–Kier alpha value is -2.44. The molecule has 7 heteroatoms. The van der Waals surface area contributed by atoms with Gasteiger partial charge in [0.1, 0.15) is 5.82 Å². The summed E-state index contributed by atoms with van der Waals surface area (Å²) in [4.78, 5) is 23.7. The van der Waals surface area contributed by atoms with E-state index in [-0.39, 0.29) is 0 Å². The average molecular weight is 278 g/mol. The number of hydrogen-bond donors (Lipinski definition) is 1. The SMILES string of the molecule is CCCN(C(=O)NC=O)c1nn(C)c2ccc(F)cc12. The van der Waals surface area contributed by atoms with Crippen molar-refractivity contribution in [2.24, 2.45) is 7.05 Å². The monoisotopic (exact) mass is 278 g/mol. The predicted octanol–water partition coefficient (Wildman–Crippen LogP) is 1.79. The maximum Gasteiger partial charge on any atom is 0.329 e. The highest BCUT2D eigenvalue weighted by Crippen LogP contribution is 2.26. The number of benzene rings is 1. The number of carbonyl (C=O) groups excluding carboxylic acids is 2. The van der Waals surface area contributed by atoms with Crippen LogP contribution in [0.15, 0.2) is 18.2 Å². The zero-order chi connectivity index (χ0) is 14.7. The van der Waals surface area contributed by atoms with E-state index in [9.17, 15) is 14.0 Å². The van der Waals surface area contributed by atoms with Gasteiger partial charge in [0.05, 0.1) is 5.52 Å². The van der Waals surface area contributed by atoms with Gasteiger partial charge in [-0.2, -0.15) is 5.10 Å². The summed E-state index contributed by atoms with van der Waals surface area (Å²) in [6, 6.07) is 3.69. The highest BCUT2D eigenvalue weighted by atomic mass is 19.1. The van der Waals surface area contributed by atoms with Crippen LogP contribution < -0.4 is 10.2 Å². The first-order valence-corrected chi connectivity index (χ1v) is 6.22. The summed E-state index contributed by atoms with van der Waals surface area (Å²) in [6.45, 7) is 2.27. The van der Waals surface area contributed by atoms with Crippen LogP contribution in [0.4, 0.5) is 15.0 Å². The largest absolute Gasteiger partial charge is 0.329 e. The minimum Gasteiger partial charge on any atom is -0.280 e. The van der Waals surface area contributed by atoms with Gasteiger partial charge in [-0.15, -0.1) is 0 Å². The molecule has 0 aliphatic carbocycles. The van der Waals surface area contributed by atoms with E-state index in [1.165, 1.54) is 17.0 Å². The van der Waals surface area contributed by atoms with Gasteiger partial charge >= 0.3 is 6.03 Å². The number of nitrogens with one attached hydrogen (secondary N) is 1. The molecule has 1 N–H and O–H groups in total. The lowest BCUT2D eigenvalue weighted by Gasteiger charge is -2.18. The molecule has 3 amide bonds. The number of hydrogen-bond acceptors (Lipinski definition) is 3. The number of aryl methyl sites for hydroxylation is 1. The Balaban J connectivity index is 2.55. The zero-order valence-electron chi connectivity index (χ0n) is 11.3. The number of carbonyl (C=O) groups is 2. The standard InChI is InChI=1S/C13H15FN4O2/c1-3-6-18(13(20)15-8-19)12-10-7-9(14)4-5-11(10)17(2)16-12/h4-5,7-8H,3,6H2,1-2H3,(H,15,19,20). The number of fused-ring (bicyclic) bond motifs is 1. The number of anilines is 1. The second kappa shape index (κ2) is 5.68. The molecule has 2 rings (SSSR count). The summed E-state index contributed by atoms with van der Waals surface area (Å²) < 4.78 is 15.0. The minimum atomic E-state index is -0.578. The summed E-state index contributed by atoms with van der Waals surface area (Å²) in [5, 5.41) is 6.86. The van der Waals surface area contributed by atoms with Crippen molar-refractivity contribution in [3.8, 4) is 0 Å². The predicted molar refractivity (Wildman–Crippen MR) is 72.9 cm³/mol. The van der Waals surface area contributed by atoms with Crippen molar-refractivity contribution in [3.05, 3.63) is 24.0 Å². The van der Waals surface area contributed by atoms with E-state index in [2.05, 4.69) is 10.4 Å². The van der Waals surface area contributed by atoms with Crippen LogP contribution in [0.1, 0.15) is 13.3 Å². The average Bonchev–Trinajstić information content (AvgIpc) is 2.73. The van der Waals surface area contributed by atoms with Gasteiger partial charge in [0.15, 0.2) is 5.82 Å². The number of aromatic nitrogens is 2. The van der Waals surface area contributed by atoms with Crippen LogP contribution in [0.2, 0.25) is 0 Å². The Morgan fingerprint density at radius 1 is 1.55 bits per heavy atom. The second-order valence-electron chi connectivity index (χ2n) is 4.33. The topological polar surface area (TPSA) is 67.2 Å². The fraction of sp³-hybridized carbons (Fsp3) is 0.308. The van der Waals surface area contributed by atoms with E-state index in [1.807, 2.05) is 6.92 Å². The quantitative estimate of drug-likeness (QED) is 0.867. The molecule has 0 fully saturated rings. The van der Waals surface area contributed by atoms with Gasteiger partial charge in [0.2, 0.25) is 6.41 Å². The fourth-order valence-corrected chi connectivity index (χ4v) is 2.07. The van der Waals surface area contributed by atoms with Crippen LogP contribution >= 0.6 is 0 Å². The minimum absolute atomic E-state index is 0.316. The molecule has 0 spiro atoms. The molecule has 0 saturated carbocycles. The third-order valence-electron chi connectivity index (χ3n) is 2.92. The van der Waals surface area contributed by atoms with E-state index >= 15 is 0 Å². The molecule has 0 atom stereocenters. The van der Waals surface area contributed by atoms with Gasteiger partial charge in [0.25, 0.3) is 0 Å². The van der Waals surface area contributed by atoms with Crippen LogP contribution in [-0.2, 0) is 11.8 Å². The molecule has 20 heavy (non-hydrogen) atoms. The third-order valence-corrected chi connectivity index (χ3v) is 2.92. The molecule has 106 valence electrons. The van der Waals surface area contributed by atoms with Crippen molar-refractivity contribution in [3.63, 3.8) is 0 Å². The first kappa shape index (κ1) is 14.0. The molecule has 0 saturated heterocycles. The molecule has 0 unspecified atom stereocenters. The van der Waals surface area contributed by atoms with Crippen molar-refractivity contribution < 1.29 is 14.0 Å². The Morgan fingerprint density at radius 2 is 2.30 bits per heavy atom. The van der Waals surface area contributed by atoms with Crippen molar-refractivity contribution in [2.45, 2.75) is 13.3 Å². The van der Waals surface area contributed by atoms with Crippen LogP contribution in [0.3, 0.4) is 0 Å². The lowest BCUT2D eigenvalue weighted by atomic mass is 10.2. The Kier molecular flexibility index (Phi) is 3.97. The number of halogens is 1. The molecular weight excluding hydrogens is 263 g/mol. The van der Waals surface area contributed by atoms with Crippen LogP contribution in [0.5, 0.6) is 0 Å². The normalized spacial score (nSPS) is 10.6. The zero-order valence-corrected chi connectivity index (χ0v) is 11.3. The first-order chi connectivity index (χ1) is 9.58. The van der Waals surface area contributed by atoms with Gasteiger partial charge in [-0.25, -0.2) is 9.18 Å². The fourth-order valence-electron chi connectivity index (χ4n) is 2.07. The van der Waals surface area contributed by atoms with Gasteiger partial charge in [-0.3, -0.25) is 19.7 Å². The molecule has 1 aromatic carbocycles. The molecule has 0 bridgehead atoms. The third kappa shape index (κ3) is 2.47. The summed E-state index contributed by atoms with van der Waals surface area (Å²) in [6.07, 6.45) is 0.996. The van der Waals surface area contributed by atoms with E-state index in [0.717, 1.165) is 0 Å². The molecule has 1 aromatic heterocycles. The maximum absolute atomic E-state index is 13.4. The van der Waals surface area contributed by atoms with Crippen LogP contribution in [0, 0.1) is 5.82 Å². The molecule has 0 radical (unpaired) electrons. The number of rotatable bonds is 4. The smallest absolute Gasteiger partial charge is 0.280 e. The lowest BCUT2D eigenvalue weighted by Crippen LogP contribution is -2.40. The van der Waals surface area contributed by atoms with Crippen LogP contribution in [0.25, 0.3) is 10.9 Å². The molecule has 0 aliphatic rings. The van der Waals surface area contributed by atoms with Crippen molar-refractivity contribution in [1.29, 1.82) is 0 Å². The van der Waals surface area contributed by atoms with E-state index in [4.69, 9.17) is 0 Å². The van der Waals surface area contributed by atoms with E-state index in [1.54, 1.807) is 17.8 Å². The van der Waals surface area contributed by atoms with E-state index < -0.39 is 11.8 Å². The van der Waals surface area contributed by atoms with Crippen molar-refractivity contribution in [1.82, 2.24) is 15.1 Å². The molecule has 6 nitrogen and oxygen atoms in total. The van der Waals surface area contributed by atoms with Gasteiger partial charge in [-0.1, -0.05) is 6.92 Å². The molecule has 2 aromatic rings. The summed E-state index contributed by atoms with van der Waals surface area (Å²) in [7, 11) is 1.71. The Morgan fingerprint density at radius 3 is 2.95 bits per heavy atom. The summed E-state index contributed by atoms with van der Waals surface area (Å²) in [5.74, 6) is -0.0674. The van der Waals surface area contributed by atoms with Gasteiger partial charge in [-0.05, 0) is 24.6 Å².